The number of amides is 1. The molecule has 2 heterocycles. The van der Waals surface area contributed by atoms with E-state index in [-0.39, 0.29) is 11.5 Å². The Labute approximate surface area is 126 Å². The number of rotatable bonds is 4. The minimum atomic E-state index is -0.110. The summed E-state index contributed by atoms with van der Waals surface area (Å²) in [5.74, 6) is 1.06. The van der Waals surface area contributed by atoms with Crippen molar-refractivity contribution < 1.29 is 14.3 Å². The minimum absolute atomic E-state index is 0.110. The third-order valence-corrected chi connectivity index (χ3v) is 5.27. The van der Waals surface area contributed by atoms with Crippen molar-refractivity contribution in [2.75, 3.05) is 26.3 Å². The van der Waals surface area contributed by atoms with Crippen LogP contribution >= 0.6 is 0 Å². The van der Waals surface area contributed by atoms with Crippen LogP contribution in [0, 0.1) is 5.92 Å². The number of allylic oxidation sites excluding steroid dienone is 1. The summed E-state index contributed by atoms with van der Waals surface area (Å²) >= 11 is 0. The summed E-state index contributed by atoms with van der Waals surface area (Å²) in [6.07, 6.45) is 10.2. The molecule has 0 aromatic rings. The summed E-state index contributed by atoms with van der Waals surface area (Å²) in [5, 5.41) is 0. The first kappa shape index (κ1) is 13.8. The molecule has 21 heavy (non-hydrogen) atoms. The highest BCUT2D eigenvalue weighted by Crippen LogP contribution is 2.38. The fourth-order valence-corrected chi connectivity index (χ4v) is 3.76. The largest absolute Gasteiger partial charge is 0.378 e. The highest BCUT2D eigenvalue weighted by atomic mass is 16.5. The maximum atomic E-state index is 12.3. The van der Waals surface area contributed by atoms with Gasteiger partial charge < -0.3 is 14.4 Å². The van der Waals surface area contributed by atoms with Gasteiger partial charge in [-0.25, -0.2) is 0 Å². The number of hydrogen-bond donors (Lipinski definition) is 0. The highest BCUT2D eigenvalue weighted by molar-refractivity contribution is 5.94. The molecule has 1 spiro atoms. The van der Waals surface area contributed by atoms with Crippen molar-refractivity contribution in [1.29, 1.82) is 0 Å². The molecule has 4 rings (SSSR count). The Morgan fingerprint density at radius 2 is 2.24 bits per heavy atom. The van der Waals surface area contributed by atoms with Crippen molar-refractivity contribution in [2.45, 2.75) is 56.7 Å². The number of carbonyl (C=O) groups excluding carboxylic acids is 1. The van der Waals surface area contributed by atoms with Crippen LogP contribution in [0.1, 0.15) is 44.9 Å². The van der Waals surface area contributed by atoms with E-state index >= 15 is 0 Å². The zero-order valence-corrected chi connectivity index (χ0v) is 12.7. The van der Waals surface area contributed by atoms with Crippen molar-refractivity contribution in [1.82, 2.24) is 4.90 Å². The number of ether oxygens (including phenoxy) is 2. The Bertz CT molecular complexity index is 449. The van der Waals surface area contributed by atoms with Crippen LogP contribution < -0.4 is 0 Å². The quantitative estimate of drug-likeness (QED) is 0.797. The second kappa shape index (κ2) is 5.40. The molecule has 0 aromatic heterocycles. The van der Waals surface area contributed by atoms with Gasteiger partial charge in [0.25, 0.3) is 0 Å². The predicted molar refractivity (Wildman–Crippen MR) is 78.9 cm³/mol. The third-order valence-electron chi connectivity index (χ3n) is 5.27. The van der Waals surface area contributed by atoms with Gasteiger partial charge in [-0.15, -0.1) is 0 Å². The molecule has 4 nitrogen and oxygen atoms in total. The lowest BCUT2D eigenvalue weighted by Crippen LogP contribution is -2.67. The lowest BCUT2D eigenvalue weighted by Gasteiger charge is -2.53. The van der Waals surface area contributed by atoms with Gasteiger partial charge in [0, 0.05) is 25.2 Å². The Morgan fingerprint density at radius 3 is 2.95 bits per heavy atom. The lowest BCUT2D eigenvalue weighted by molar-refractivity contribution is -0.199. The van der Waals surface area contributed by atoms with Gasteiger partial charge in [-0.3, -0.25) is 4.79 Å². The zero-order chi connectivity index (χ0) is 14.3. The molecule has 4 heteroatoms. The van der Waals surface area contributed by atoms with Crippen LogP contribution in [0.2, 0.25) is 0 Å². The van der Waals surface area contributed by atoms with E-state index < -0.39 is 0 Å². The van der Waals surface area contributed by atoms with Gasteiger partial charge >= 0.3 is 0 Å². The van der Waals surface area contributed by atoms with Gasteiger partial charge in [0.15, 0.2) is 0 Å². The Kier molecular flexibility index (Phi) is 3.54. The van der Waals surface area contributed by atoms with Crippen LogP contribution in [0.4, 0.5) is 0 Å². The molecule has 1 atom stereocenters. The van der Waals surface area contributed by atoms with E-state index in [1.807, 2.05) is 4.90 Å². The molecule has 2 saturated heterocycles. The van der Waals surface area contributed by atoms with E-state index in [9.17, 15) is 4.79 Å². The van der Waals surface area contributed by atoms with Crippen LogP contribution in [-0.4, -0.2) is 48.8 Å². The minimum Gasteiger partial charge on any atom is -0.378 e. The standard InChI is InChI=1S/C17H25NO3/c19-16(14-3-1-2-4-14)18-11-17(12-18)9-15(7-8-21-17)20-10-13-5-6-13/h3,13,15H,1-2,4-12H2/t15-/m0/s1. The topological polar surface area (TPSA) is 38.8 Å². The van der Waals surface area contributed by atoms with E-state index in [4.69, 9.17) is 9.47 Å². The maximum Gasteiger partial charge on any atom is 0.249 e. The number of nitrogens with zero attached hydrogens (tertiary/aromatic N) is 1. The van der Waals surface area contributed by atoms with Crippen LogP contribution in [0.5, 0.6) is 0 Å². The van der Waals surface area contributed by atoms with Crippen molar-refractivity contribution in [3.8, 4) is 0 Å². The van der Waals surface area contributed by atoms with E-state index in [0.717, 1.165) is 69.9 Å². The summed E-state index contributed by atoms with van der Waals surface area (Å²) in [7, 11) is 0. The second-order valence-corrected chi connectivity index (χ2v) is 7.21. The van der Waals surface area contributed by atoms with Crippen LogP contribution in [0.15, 0.2) is 11.6 Å². The van der Waals surface area contributed by atoms with Crippen LogP contribution in [0.3, 0.4) is 0 Å². The monoisotopic (exact) mass is 291 g/mol. The van der Waals surface area contributed by atoms with Gasteiger partial charge in [-0.2, -0.15) is 0 Å². The first-order valence-electron chi connectivity index (χ1n) is 8.48. The first-order chi connectivity index (χ1) is 10.2. The normalized spacial score (nSPS) is 31.1. The van der Waals surface area contributed by atoms with Crippen molar-refractivity contribution >= 4 is 5.91 Å². The van der Waals surface area contributed by atoms with Crippen molar-refractivity contribution in [2.24, 2.45) is 5.92 Å². The molecule has 3 fully saturated rings. The summed E-state index contributed by atoms with van der Waals surface area (Å²) in [4.78, 5) is 14.3. The predicted octanol–water partition coefficient (Wildman–Crippen LogP) is 2.28. The van der Waals surface area contributed by atoms with Crippen molar-refractivity contribution in [3.05, 3.63) is 11.6 Å². The molecule has 0 N–H and O–H groups in total. The van der Waals surface area contributed by atoms with Gasteiger partial charge in [0.1, 0.15) is 5.60 Å². The van der Waals surface area contributed by atoms with E-state index in [1.54, 1.807) is 0 Å². The van der Waals surface area contributed by atoms with Crippen LogP contribution in [0.25, 0.3) is 0 Å². The first-order valence-corrected chi connectivity index (χ1v) is 8.48. The Hall–Kier alpha value is -0.870. The fourth-order valence-electron chi connectivity index (χ4n) is 3.76. The summed E-state index contributed by atoms with van der Waals surface area (Å²) in [5.41, 5.74) is 0.906. The van der Waals surface area contributed by atoms with Gasteiger partial charge in [-0.1, -0.05) is 6.08 Å². The average Bonchev–Trinajstić information content (AvgIpc) is 3.14. The Balaban J connectivity index is 1.29. The zero-order valence-electron chi connectivity index (χ0n) is 12.7. The number of hydrogen-bond acceptors (Lipinski definition) is 3. The molecule has 4 aliphatic rings. The summed E-state index contributed by atoms with van der Waals surface area (Å²) < 4.78 is 12.0. The van der Waals surface area contributed by atoms with Crippen LogP contribution in [-0.2, 0) is 14.3 Å². The Morgan fingerprint density at radius 1 is 1.38 bits per heavy atom. The molecule has 0 unspecified atom stereocenters. The molecule has 0 aromatic carbocycles. The molecular weight excluding hydrogens is 266 g/mol. The highest BCUT2D eigenvalue weighted by Gasteiger charge is 2.50. The molecule has 2 aliphatic carbocycles. The molecule has 1 amide bonds. The van der Waals surface area contributed by atoms with E-state index in [0.29, 0.717) is 6.10 Å². The molecular formula is C17H25NO3. The summed E-state index contributed by atoms with van der Waals surface area (Å²) in [6.45, 7) is 3.22. The molecule has 1 saturated carbocycles. The smallest absolute Gasteiger partial charge is 0.249 e. The maximum absolute atomic E-state index is 12.3. The fraction of sp³-hybridized carbons (Fsp3) is 0.824. The van der Waals surface area contributed by atoms with Gasteiger partial charge in [0.05, 0.1) is 19.2 Å². The molecule has 116 valence electrons. The molecule has 2 aliphatic heterocycles. The van der Waals surface area contributed by atoms with E-state index in [1.165, 1.54) is 12.8 Å². The van der Waals surface area contributed by atoms with Gasteiger partial charge in [0.2, 0.25) is 5.91 Å². The summed E-state index contributed by atoms with van der Waals surface area (Å²) in [6, 6.07) is 0. The van der Waals surface area contributed by atoms with E-state index in [2.05, 4.69) is 6.08 Å². The van der Waals surface area contributed by atoms with Gasteiger partial charge in [-0.05, 0) is 44.4 Å². The molecule has 0 bridgehead atoms. The molecule has 0 radical (unpaired) electrons. The number of likely N-dealkylation sites (tertiary alicyclic amines) is 1. The lowest BCUT2D eigenvalue weighted by atomic mass is 9.84. The average molecular weight is 291 g/mol. The number of carbonyl (C=O) groups is 1. The third kappa shape index (κ3) is 2.88. The second-order valence-electron chi connectivity index (χ2n) is 7.21. The van der Waals surface area contributed by atoms with Crippen molar-refractivity contribution in [3.63, 3.8) is 0 Å². The SMILES string of the molecule is O=C(C1=CCCC1)N1CC2(C[C@@H](OCC3CC3)CCO2)C1.